The van der Waals surface area contributed by atoms with Crippen LogP contribution in [0.1, 0.15) is 29.6 Å². The summed E-state index contributed by atoms with van der Waals surface area (Å²) < 4.78 is 19.1. The summed E-state index contributed by atoms with van der Waals surface area (Å²) in [5.41, 5.74) is 0.447. The Hall–Kier alpha value is -0.980. The van der Waals surface area contributed by atoms with Crippen molar-refractivity contribution in [3.63, 3.8) is 0 Å². The number of rotatable bonds is 6. The molecule has 0 atom stereocenters. The molecule has 1 saturated heterocycles. The highest BCUT2D eigenvalue weighted by Crippen LogP contribution is 2.16. The molecular formula is C15H20BrFN2O2. The first-order valence-electron chi connectivity index (χ1n) is 7.22. The lowest BCUT2D eigenvalue weighted by atomic mass is 10.1. The smallest absolute Gasteiger partial charge is 0.251 e. The first kappa shape index (κ1) is 16.4. The summed E-state index contributed by atoms with van der Waals surface area (Å²) in [6, 6.07) is 4.23. The molecule has 1 heterocycles. The summed E-state index contributed by atoms with van der Waals surface area (Å²) in [4.78, 5) is 11.9. The fourth-order valence-electron chi connectivity index (χ4n) is 2.23. The normalized spacial score (nSPS) is 15.9. The zero-order valence-corrected chi connectivity index (χ0v) is 13.4. The number of nitrogens with one attached hydrogen (secondary N) is 2. The van der Waals surface area contributed by atoms with Crippen LogP contribution in [-0.4, -0.2) is 38.3 Å². The molecule has 0 spiro atoms. The standard InChI is InChI=1S/C15H20BrFN2O2/c16-13-10-11(2-3-14(13)17)15(20)19-6-1-9-21-12-4-7-18-8-5-12/h2-3,10,12,18H,1,4-9H2,(H,19,20). The second kappa shape index (κ2) is 8.46. The average molecular weight is 359 g/mol. The van der Waals surface area contributed by atoms with Crippen molar-refractivity contribution in [3.8, 4) is 0 Å². The molecule has 1 aromatic carbocycles. The third-order valence-corrected chi connectivity index (χ3v) is 4.04. The zero-order chi connectivity index (χ0) is 15.1. The van der Waals surface area contributed by atoms with Gasteiger partial charge < -0.3 is 15.4 Å². The highest BCUT2D eigenvalue weighted by Gasteiger charge is 2.13. The first-order chi connectivity index (χ1) is 10.2. The highest BCUT2D eigenvalue weighted by molar-refractivity contribution is 9.10. The van der Waals surface area contributed by atoms with Crippen molar-refractivity contribution < 1.29 is 13.9 Å². The SMILES string of the molecule is O=C(NCCCOC1CCNCC1)c1ccc(F)c(Br)c1. The Morgan fingerprint density at radius 2 is 2.19 bits per heavy atom. The molecule has 1 aliphatic rings. The van der Waals surface area contributed by atoms with Gasteiger partial charge in [0.25, 0.3) is 5.91 Å². The van der Waals surface area contributed by atoms with E-state index in [2.05, 4.69) is 26.6 Å². The number of carbonyl (C=O) groups is 1. The van der Waals surface area contributed by atoms with E-state index in [1.54, 1.807) is 0 Å². The molecule has 0 bridgehead atoms. The highest BCUT2D eigenvalue weighted by atomic mass is 79.9. The maximum Gasteiger partial charge on any atom is 0.251 e. The summed E-state index contributed by atoms with van der Waals surface area (Å²) in [7, 11) is 0. The minimum absolute atomic E-state index is 0.197. The number of halogens is 2. The molecule has 6 heteroatoms. The Balaban J connectivity index is 1.63. The number of amides is 1. The third-order valence-electron chi connectivity index (χ3n) is 3.43. The molecule has 0 aliphatic carbocycles. The molecule has 21 heavy (non-hydrogen) atoms. The average Bonchev–Trinajstić information content (AvgIpc) is 2.50. The van der Waals surface area contributed by atoms with Crippen molar-refractivity contribution in [2.45, 2.75) is 25.4 Å². The van der Waals surface area contributed by atoms with Gasteiger partial charge in [-0.1, -0.05) is 0 Å². The molecule has 2 rings (SSSR count). The maximum atomic E-state index is 13.1. The number of ether oxygens (including phenoxy) is 1. The number of piperidine rings is 1. The minimum atomic E-state index is -0.373. The monoisotopic (exact) mass is 358 g/mol. The van der Waals surface area contributed by atoms with Crippen LogP contribution in [0.5, 0.6) is 0 Å². The molecule has 0 unspecified atom stereocenters. The van der Waals surface area contributed by atoms with Crippen molar-refractivity contribution in [3.05, 3.63) is 34.1 Å². The van der Waals surface area contributed by atoms with Gasteiger partial charge >= 0.3 is 0 Å². The molecule has 1 aliphatic heterocycles. The van der Waals surface area contributed by atoms with Crippen LogP contribution in [0.4, 0.5) is 4.39 Å². The minimum Gasteiger partial charge on any atom is -0.378 e. The summed E-state index contributed by atoms with van der Waals surface area (Å²) in [6.07, 6.45) is 3.22. The van der Waals surface area contributed by atoms with Crippen molar-refractivity contribution in [1.82, 2.24) is 10.6 Å². The van der Waals surface area contributed by atoms with E-state index in [0.717, 1.165) is 32.4 Å². The summed E-state index contributed by atoms with van der Waals surface area (Å²) in [5, 5.41) is 6.10. The Morgan fingerprint density at radius 1 is 1.43 bits per heavy atom. The predicted octanol–water partition coefficient (Wildman–Crippen LogP) is 2.48. The quantitative estimate of drug-likeness (QED) is 0.768. The number of hydrogen-bond donors (Lipinski definition) is 2. The van der Waals surface area contributed by atoms with Crippen LogP contribution < -0.4 is 10.6 Å². The van der Waals surface area contributed by atoms with Gasteiger partial charge in [0.1, 0.15) is 5.82 Å². The van der Waals surface area contributed by atoms with Crippen LogP contribution >= 0.6 is 15.9 Å². The van der Waals surface area contributed by atoms with Crippen LogP contribution in [0.25, 0.3) is 0 Å². The molecule has 0 aromatic heterocycles. The van der Waals surface area contributed by atoms with Crippen LogP contribution in [0.2, 0.25) is 0 Å². The Kier molecular flexibility index (Phi) is 6.60. The molecule has 1 amide bonds. The zero-order valence-electron chi connectivity index (χ0n) is 11.8. The van der Waals surface area contributed by atoms with E-state index in [9.17, 15) is 9.18 Å². The van der Waals surface area contributed by atoms with Gasteiger partial charge in [-0.3, -0.25) is 4.79 Å². The van der Waals surface area contributed by atoms with E-state index in [4.69, 9.17) is 4.74 Å². The summed E-state index contributed by atoms with van der Waals surface area (Å²) in [5.74, 6) is -0.570. The van der Waals surface area contributed by atoms with E-state index >= 15 is 0 Å². The largest absolute Gasteiger partial charge is 0.378 e. The number of benzene rings is 1. The third kappa shape index (κ3) is 5.37. The molecule has 0 saturated carbocycles. The van der Waals surface area contributed by atoms with E-state index in [-0.39, 0.29) is 11.7 Å². The van der Waals surface area contributed by atoms with E-state index in [1.165, 1.54) is 18.2 Å². The summed E-state index contributed by atoms with van der Waals surface area (Å²) >= 11 is 3.07. The molecule has 1 aromatic rings. The fraction of sp³-hybridized carbons (Fsp3) is 0.533. The van der Waals surface area contributed by atoms with E-state index in [0.29, 0.717) is 29.3 Å². The first-order valence-corrected chi connectivity index (χ1v) is 8.01. The maximum absolute atomic E-state index is 13.1. The van der Waals surface area contributed by atoms with Gasteiger partial charge in [-0.25, -0.2) is 4.39 Å². The van der Waals surface area contributed by atoms with Gasteiger partial charge in [-0.15, -0.1) is 0 Å². The van der Waals surface area contributed by atoms with Crippen LogP contribution in [0, 0.1) is 5.82 Å². The predicted molar refractivity (Wildman–Crippen MR) is 82.9 cm³/mol. The Bertz CT molecular complexity index is 479. The Morgan fingerprint density at radius 3 is 2.90 bits per heavy atom. The fourth-order valence-corrected chi connectivity index (χ4v) is 2.60. The van der Waals surface area contributed by atoms with Gasteiger partial charge in [0.2, 0.25) is 0 Å². The van der Waals surface area contributed by atoms with Gasteiger partial charge in [-0.2, -0.15) is 0 Å². The van der Waals surface area contributed by atoms with Crippen LogP contribution in [-0.2, 0) is 4.74 Å². The number of carbonyl (C=O) groups excluding carboxylic acids is 1. The van der Waals surface area contributed by atoms with Crippen molar-refractivity contribution >= 4 is 21.8 Å². The molecule has 116 valence electrons. The van der Waals surface area contributed by atoms with E-state index < -0.39 is 0 Å². The summed E-state index contributed by atoms with van der Waals surface area (Å²) in [6.45, 7) is 3.23. The lowest BCUT2D eigenvalue weighted by Gasteiger charge is -2.22. The van der Waals surface area contributed by atoms with E-state index in [1.807, 2.05) is 0 Å². The second-order valence-electron chi connectivity index (χ2n) is 5.06. The van der Waals surface area contributed by atoms with Gasteiger partial charge in [-0.05, 0) is 66.5 Å². The van der Waals surface area contributed by atoms with Gasteiger partial charge in [0.15, 0.2) is 0 Å². The van der Waals surface area contributed by atoms with Crippen molar-refractivity contribution in [2.24, 2.45) is 0 Å². The van der Waals surface area contributed by atoms with Crippen LogP contribution in [0.3, 0.4) is 0 Å². The molecule has 4 nitrogen and oxygen atoms in total. The molecule has 2 N–H and O–H groups in total. The lowest BCUT2D eigenvalue weighted by Crippen LogP contribution is -2.33. The molecule has 1 fully saturated rings. The molecular weight excluding hydrogens is 339 g/mol. The topological polar surface area (TPSA) is 50.4 Å². The van der Waals surface area contributed by atoms with Crippen molar-refractivity contribution in [2.75, 3.05) is 26.2 Å². The Labute approximate surface area is 132 Å². The van der Waals surface area contributed by atoms with Gasteiger partial charge in [0, 0.05) is 18.7 Å². The molecule has 0 radical (unpaired) electrons. The lowest BCUT2D eigenvalue weighted by molar-refractivity contribution is 0.0318. The second-order valence-corrected chi connectivity index (χ2v) is 5.91. The van der Waals surface area contributed by atoms with Gasteiger partial charge in [0.05, 0.1) is 10.6 Å². The number of hydrogen-bond acceptors (Lipinski definition) is 3. The van der Waals surface area contributed by atoms with Crippen LogP contribution in [0.15, 0.2) is 22.7 Å². The van der Waals surface area contributed by atoms with Crippen molar-refractivity contribution in [1.29, 1.82) is 0 Å².